The van der Waals surface area contributed by atoms with Gasteiger partial charge in [0.1, 0.15) is 13.2 Å². The van der Waals surface area contributed by atoms with Gasteiger partial charge in [-0.2, -0.15) is 0 Å². The summed E-state index contributed by atoms with van der Waals surface area (Å²) in [7, 11) is 0. The van der Waals surface area contributed by atoms with Crippen LogP contribution in [-0.4, -0.2) is 94.2 Å². The van der Waals surface area contributed by atoms with Gasteiger partial charge in [-0.3, -0.25) is 24.1 Å². The Labute approximate surface area is 154 Å². The molecule has 3 saturated heterocycles. The number of urea groups is 1. The van der Waals surface area contributed by atoms with Gasteiger partial charge in [0.25, 0.3) is 0 Å². The van der Waals surface area contributed by atoms with Crippen molar-refractivity contribution in [3.8, 4) is 0 Å². The lowest BCUT2D eigenvalue weighted by Crippen LogP contribution is -2.53. The highest BCUT2D eigenvalue weighted by Crippen LogP contribution is 2.31. The molecule has 0 aliphatic carbocycles. The maximum Gasteiger partial charge on any atom is 0.335 e. The van der Waals surface area contributed by atoms with E-state index in [0.717, 1.165) is 11.0 Å². The number of rotatable bonds is 6. The number of likely N-dealkylation sites (tertiary alicyclic amines) is 2. The predicted octanol–water partition coefficient (Wildman–Crippen LogP) is -0.699. The number of fused-ring (bicyclic) bond motifs is 2. The van der Waals surface area contributed by atoms with E-state index >= 15 is 0 Å². The maximum atomic E-state index is 12.6. The zero-order valence-corrected chi connectivity index (χ0v) is 14.5. The van der Waals surface area contributed by atoms with Crippen molar-refractivity contribution in [2.24, 2.45) is 0 Å². The lowest BCUT2D eigenvalue weighted by atomic mass is 10.2. The van der Waals surface area contributed by atoms with E-state index in [0.29, 0.717) is 17.9 Å². The quantitative estimate of drug-likeness (QED) is 0.263. The molecule has 0 spiro atoms. The first-order valence-electron chi connectivity index (χ1n) is 8.49. The average Bonchev–Trinajstić information content (AvgIpc) is 3.31. The Morgan fingerprint density at radius 3 is 2.30 bits per heavy atom. The molecule has 0 aromatic carbocycles. The first kappa shape index (κ1) is 18.7. The van der Waals surface area contributed by atoms with Crippen LogP contribution in [0.4, 0.5) is 9.18 Å². The minimum Gasteiger partial charge on any atom is -0.334 e. The second kappa shape index (κ2) is 7.29. The number of halogens is 1. The van der Waals surface area contributed by atoms with Crippen LogP contribution in [0.5, 0.6) is 0 Å². The van der Waals surface area contributed by atoms with Crippen LogP contribution >= 0.6 is 0 Å². The van der Waals surface area contributed by atoms with Gasteiger partial charge in [-0.1, -0.05) is 6.08 Å². The summed E-state index contributed by atoms with van der Waals surface area (Å²) < 4.78 is 12.2. The maximum absolute atomic E-state index is 12.6. The van der Waals surface area contributed by atoms with Gasteiger partial charge >= 0.3 is 17.8 Å². The lowest BCUT2D eigenvalue weighted by molar-refractivity contribution is -0.145. The van der Waals surface area contributed by atoms with Crippen LogP contribution in [0.3, 0.4) is 0 Å². The monoisotopic (exact) mass is 378 g/mol. The summed E-state index contributed by atoms with van der Waals surface area (Å²) in [5, 5.41) is 0. The topological polar surface area (TPSA) is 98.3 Å². The lowest BCUT2D eigenvalue weighted by Gasteiger charge is -2.34. The van der Waals surface area contributed by atoms with Gasteiger partial charge in [0, 0.05) is 25.7 Å². The van der Waals surface area contributed by atoms with E-state index in [1.54, 1.807) is 4.90 Å². The van der Waals surface area contributed by atoms with Gasteiger partial charge in [-0.25, -0.2) is 14.1 Å². The highest BCUT2D eigenvalue weighted by molar-refractivity contribution is 6.45. The molecule has 3 heterocycles. The molecule has 2 atom stereocenters. The number of piperazine rings is 1. The van der Waals surface area contributed by atoms with E-state index in [1.165, 1.54) is 17.1 Å². The number of allylic oxidation sites excluding steroid dienone is 1. The number of carbonyl (C=O) groups is 5. The van der Waals surface area contributed by atoms with E-state index in [4.69, 9.17) is 0 Å². The molecule has 10 heteroatoms. The van der Waals surface area contributed by atoms with Gasteiger partial charge in [-0.05, 0) is 12.5 Å². The fourth-order valence-corrected chi connectivity index (χ4v) is 3.69. The Kier molecular flexibility index (Phi) is 5.06. The van der Waals surface area contributed by atoms with E-state index in [2.05, 4.69) is 6.58 Å². The molecule has 3 aliphatic rings. The second-order valence-corrected chi connectivity index (χ2v) is 6.52. The third-order valence-electron chi connectivity index (χ3n) is 4.93. The van der Waals surface area contributed by atoms with E-state index in [1.807, 2.05) is 0 Å². The smallest absolute Gasteiger partial charge is 0.334 e. The number of imide groups is 2. The molecule has 0 unspecified atom stereocenters. The fourth-order valence-electron chi connectivity index (χ4n) is 3.69. The van der Waals surface area contributed by atoms with Crippen molar-refractivity contribution in [2.45, 2.75) is 18.5 Å². The molecule has 9 nitrogen and oxygen atoms in total. The van der Waals surface area contributed by atoms with Crippen molar-refractivity contribution >= 4 is 29.7 Å². The first-order valence-corrected chi connectivity index (χ1v) is 8.49. The number of carbonyl (C=O) groups excluding carboxylic acids is 5. The van der Waals surface area contributed by atoms with Crippen LogP contribution in [0.15, 0.2) is 24.8 Å². The van der Waals surface area contributed by atoms with Crippen molar-refractivity contribution in [3.63, 3.8) is 0 Å². The number of nitrogens with zero attached hydrogens (tertiary/aromatic N) is 4. The van der Waals surface area contributed by atoms with Crippen LogP contribution in [0, 0.1) is 0 Å². The molecule has 2 bridgehead atoms. The van der Waals surface area contributed by atoms with Gasteiger partial charge in [-0.15, -0.1) is 6.58 Å². The normalized spacial score (nSPS) is 24.7. The number of alkyl halides is 1. The Morgan fingerprint density at radius 2 is 1.70 bits per heavy atom. The van der Waals surface area contributed by atoms with Crippen LogP contribution < -0.4 is 0 Å². The molecule has 0 aromatic rings. The summed E-state index contributed by atoms with van der Waals surface area (Å²) in [6, 6.07) is -1.24. The molecule has 0 radical (unpaired) electrons. The predicted molar refractivity (Wildman–Crippen MR) is 89.8 cm³/mol. The van der Waals surface area contributed by atoms with Crippen LogP contribution in [0.1, 0.15) is 6.42 Å². The highest BCUT2D eigenvalue weighted by atomic mass is 19.1. The first-order chi connectivity index (χ1) is 12.9. The molecule has 3 aliphatic heterocycles. The Balaban J connectivity index is 1.61. The standard InChI is InChI=1S/C17H19FN4O5/c1-2-6-19-15(25)16(26)22(17(19)27)10-14(24)21-9-11-7-12(21)8-20(11)13(23)4-3-5-18/h2-4,11-12H,1,5-10H2/b4-3+/t11-,12-/m0/s1. The van der Waals surface area contributed by atoms with E-state index in [9.17, 15) is 28.4 Å². The Morgan fingerprint density at radius 1 is 1.07 bits per heavy atom. The summed E-state index contributed by atoms with van der Waals surface area (Å²) in [5.74, 6) is -2.77. The van der Waals surface area contributed by atoms with Gasteiger partial charge in [0.15, 0.2) is 0 Å². The molecule has 3 fully saturated rings. The molecule has 27 heavy (non-hydrogen) atoms. The van der Waals surface area contributed by atoms with E-state index in [-0.39, 0.29) is 31.1 Å². The summed E-state index contributed by atoms with van der Waals surface area (Å²) in [5.41, 5.74) is 0. The molecule has 144 valence electrons. The molecule has 0 saturated carbocycles. The zero-order chi connectivity index (χ0) is 19.7. The number of hydrogen-bond acceptors (Lipinski definition) is 5. The number of amides is 6. The molecule has 0 aromatic heterocycles. The van der Waals surface area contributed by atoms with Crippen molar-refractivity contribution in [1.29, 1.82) is 0 Å². The Bertz CT molecular complexity index is 752. The minimum atomic E-state index is -1.03. The summed E-state index contributed by atoms with van der Waals surface area (Å²) >= 11 is 0. The molecule has 6 amide bonds. The molecular formula is C17H19FN4O5. The fraction of sp³-hybridized carbons (Fsp3) is 0.471. The summed E-state index contributed by atoms with van der Waals surface area (Å²) in [6.45, 7) is 2.67. The third kappa shape index (κ3) is 3.22. The Hall–Kier alpha value is -3.04. The highest BCUT2D eigenvalue weighted by Gasteiger charge is 2.49. The van der Waals surface area contributed by atoms with Crippen molar-refractivity contribution in [3.05, 3.63) is 24.8 Å². The molecular weight excluding hydrogens is 359 g/mol. The molecule has 0 N–H and O–H groups in total. The summed E-state index contributed by atoms with van der Waals surface area (Å²) in [4.78, 5) is 65.0. The van der Waals surface area contributed by atoms with Crippen molar-refractivity contribution < 1.29 is 28.4 Å². The number of hydrogen-bond donors (Lipinski definition) is 0. The van der Waals surface area contributed by atoms with Crippen molar-refractivity contribution in [1.82, 2.24) is 19.6 Å². The molecule has 3 rings (SSSR count). The van der Waals surface area contributed by atoms with Gasteiger partial charge < -0.3 is 9.80 Å². The van der Waals surface area contributed by atoms with Crippen LogP contribution in [0.25, 0.3) is 0 Å². The van der Waals surface area contributed by atoms with E-state index < -0.39 is 37.0 Å². The second-order valence-electron chi connectivity index (χ2n) is 6.52. The SMILES string of the molecule is C=CCN1C(=O)C(=O)N(CC(=O)N2C[C@@H]3C[C@H]2CN3C(=O)/C=C/CF)C1=O. The minimum absolute atomic E-state index is 0.105. The third-order valence-corrected chi connectivity index (χ3v) is 4.93. The largest absolute Gasteiger partial charge is 0.335 e. The average molecular weight is 378 g/mol. The summed E-state index contributed by atoms with van der Waals surface area (Å²) in [6.07, 6.45) is 4.21. The van der Waals surface area contributed by atoms with Crippen LogP contribution in [0.2, 0.25) is 0 Å². The van der Waals surface area contributed by atoms with Crippen molar-refractivity contribution in [2.75, 3.05) is 32.9 Å². The van der Waals surface area contributed by atoms with Gasteiger partial charge in [0.05, 0.1) is 12.1 Å². The zero-order valence-electron chi connectivity index (χ0n) is 14.5. The van der Waals surface area contributed by atoms with Crippen LogP contribution in [-0.2, 0) is 19.2 Å². The van der Waals surface area contributed by atoms with Gasteiger partial charge in [0.2, 0.25) is 11.8 Å².